The number of hydrogen-bond donors (Lipinski definition) is 0. The maximum atomic E-state index is 12.5. The van der Waals surface area contributed by atoms with Crippen LogP contribution in [-0.2, 0) is 0 Å². The summed E-state index contributed by atoms with van der Waals surface area (Å²) in [4.78, 5) is 11.5. The average Bonchev–Trinajstić information content (AvgIpc) is 2.69. The Hall–Kier alpha value is -1.85. The zero-order chi connectivity index (χ0) is 10.8. The van der Waals surface area contributed by atoms with Crippen molar-refractivity contribution in [2.75, 3.05) is 0 Å². The SMILES string of the molecule is Cc1nc(C(F)F)cc(-n2ccnc2)n1. The van der Waals surface area contributed by atoms with Crippen LogP contribution in [0.4, 0.5) is 8.78 Å². The van der Waals surface area contributed by atoms with E-state index in [0.717, 1.165) is 0 Å². The maximum Gasteiger partial charge on any atom is 0.280 e. The molecule has 0 N–H and O–H groups in total. The molecular weight excluding hydrogens is 202 g/mol. The van der Waals surface area contributed by atoms with E-state index in [-0.39, 0.29) is 5.69 Å². The van der Waals surface area contributed by atoms with E-state index in [1.54, 1.807) is 23.9 Å². The first kappa shape index (κ1) is 9.70. The number of halogens is 2. The van der Waals surface area contributed by atoms with Crippen LogP contribution in [-0.4, -0.2) is 19.5 Å². The van der Waals surface area contributed by atoms with E-state index in [4.69, 9.17) is 0 Å². The van der Waals surface area contributed by atoms with E-state index in [2.05, 4.69) is 15.0 Å². The van der Waals surface area contributed by atoms with Crippen LogP contribution in [0.1, 0.15) is 17.9 Å². The van der Waals surface area contributed by atoms with Gasteiger partial charge in [-0.15, -0.1) is 0 Å². The van der Waals surface area contributed by atoms with Gasteiger partial charge in [-0.05, 0) is 6.92 Å². The molecule has 0 spiro atoms. The Morgan fingerprint density at radius 1 is 1.33 bits per heavy atom. The Morgan fingerprint density at radius 3 is 2.73 bits per heavy atom. The van der Waals surface area contributed by atoms with Gasteiger partial charge in [-0.2, -0.15) is 0 Å². The highest BCUT2D eigenvalue weighted by atomic mass is 19.3. The van der Waals surface area contributed by atoms with Crippen LogP contribution in [0.25, 0.3) is 5.82 Å². The first-order valence-electron chi connectivity index (χ1n) is 4.29. The third-order valence-electron chi connectivity index (χ3n) is 1.84. The molecule has 4 nitrogen and oxygen atoms in total. The van der Waals surface area contributed by atoms with Gasteiger partial charge in [-0.3, -0.25) is 4.57 Å². The lowest BCUT2D eigenvalue weighted by molar-refractivity contribution is 0.145. The number of nitrogens with zero attached hydrogens (tertiary/aromatic N) is 4. The molecule has 0 aliphatic carbocycles. The zero-order valence-electron chi connectivity index (χ0n) is 7.93. The van der Waals surface area contributed by atoms with E-state index in [1.165, 1.54) is 12.4 Å². The summed E-state index contributed by atoms with van der Waals surface area (Å²) in [6.07, 6.45) is 2.10. The third kappa shape index (κ3) is 1.98. The fourth-order valence-electron chi connectivity index (χ4n) is 1.21. The number of hydrogen-bond acceptors (Lipinski definition) is 3. The molecule has 15 heavy (non-hydrogen) atoms. The summed E-state index contributed by atoms with van der Waals surface area (Å²) in [7, 11) is 0. The van der Waals surface area contributed by atoms with Gasteiger partial charge in [0.05, 0.1) is 0 Å². The molecule has 0 aliphatic heterocycles. The second-order valence-electron chi connectivity index (χ2n) is 2.97. The van der Waals surface area contributed by atoms with Crippen molar-refractivity contribution in [2.45, 2.75) is 13.3 Å². The molecule has 0 atom stereocenters. The molecule has 0 saturated carbocycles. The molecule has 0 amide bonds. The van der Waals surface area contributed by atoms with Crippen molar-refractivity contribution < 1.29 is 8.78 Å². The van der Waals surface area contributed by atoms with Crippen molar-refractivity contribution in [1.29, 1.82) is 0 Å². The van der Waals surface area contributed by atoms with Crippen molar-refractivity contribution in [3.8, 4) is 5.82 Å². The first-order valence-corrected chi connectivity index (χ1v) is 4.29. The lowest BCUT2D eigenvalue weighted by atomic mass is 10.4. The highest BCUT2D eigenvalue weighted by Gasteiger charge is 2.11. The monoisotopic (exact) mass is 210 g/mol. The summed E-state index contributed by atoms with van der Waals surface area (Å²) < 4.78 is 26.5. The van der Waals surface area contributed by atoms with Crippen LogP contribution >= 0.6 is 0 Å². The molecule has 6 heteroatoms. The number of rotatable bonds is 2. The summed E-state index contributed by atoms with van der Waals surface area (Å²) in [5.41, 5.74) is -0.272. The number of aryl methyl sites for hydroxylation is 1. The Balaban J connectivity index is 2.49. The predicted molar refractivity (Wildman–Crippen MR) is 48.8 cm³/mol. The highest BCUT2D eigenvalue weighted by Crippen LogP contribution is 2.18. The van der Waals surface area contributed by atoms with Crippen molar-refractivity contribution in [3.05, 3.63) is 36.3 Å². The van der Waals surface area contributed by atoms with Gasteiger partial charge in [0.2, 0.25) is 0 Å². The fraction of sp³-hybridized carbons (Fsp3) is 0.222. The molecule has 0 aliphatic rings. The van der Waals surface area contributed by atoms with Crippen LogP contribution < -0.4 is 0 Å². The van der Waals surface area contributed by atoms with Gasteiger partial charge in [0.25, 0.3) is 6.43 Å². The molecule has 2 rings (SSSR count). The van der Waals surface area contributed by atoms with Crippen LogP contribution in [0.3, 0.4) is 0 Å². The number of aromatic nitrogens is 4. The number of imidazole rings is 1. The molecule has 78 valence electrons. The van der Waals surface area contributed by atoms with Crippen LogP contribution in [0.5, 0.6) is 0 Å². The molecular formula is C9H8F2N4. The van der Waals surface area contributed by atoms with E-state index in [1.807, 2.05) is 0 Å². The van der Waals surface area contributed by atoms with E-state index < -0.39 is 6.43 Å². The topological polar surface area (TPSA) is 43.6 Å². The summed E-state index contributed by atoms with van der Waals surface area (Å²) in [6.45, 7) is 1.58. The third-order valence-corrected chi connectivity index (χ3v) is 1.84. The van der Waals surface area contributed by atoms with Crippen molar-refractivity contribution >= 4 is 0 Å². The molecule has 0 aromatic carbocycles. The molecule has 0 fully saturated rings. The molecule has 2 aromatic rings. The van der Waals surface area contributed by atoms with Crippen LogP contribution in [0.2, 0.25) is 0 Å². The Bertz CT molecular complexity index is 453. The Kier molecular flexibility index (Phi) is 2.40. The van der Waals surface area contributed by atoms with Gasteiger partial charge in [-0.25, -0.2) is 23.7 Å². The average molecular weight is 210 g/mol. The lowest BCUT2D eigenvalue weighted by Gasteiger charge is -2.05. The molecule has 2 heterocycles. The highest BCUT2D eigenvalue weighted by molar-refractivity contribution is 5.25. The minimum atomic E-state index is -2.59. The largest absolute Gasteiger partial charge is 0.290 e. The van der Waals surface area contributed by atoms with E-state index >= 15 is 0 Å². The quantitative estimate of drug-likeness (QED) is 0.760. The van der Waals surface area contributed by atoms with E-state index in [9.17, 15) is 8.78 Å². The molecule has 2 aromatic heterocycles. The van der Waals surface area contributed by atoms with E-state index in [0.29, 0.717) is 11.6 Å². The standard InChI is InChI=1S/C9H8F2N4/c1-6-13-7(9(10)11)4-8(14-6)15-3-2-12-5-15/h2-5,9H,1H3. The van der Waals surface area contributed by atoms with Gasteiger partial charge in [0.15, 0.2) is 0 Å². The minimum absolute atomic E-state index is 0.272. The predicted octanol–water partition coefficient (Wildman–Crippen LogP) is 1.91. The summed E-state index contributed by atoms with van der Waals surface area (Å²) in [5.74, 6) is 0.715. The molecule has 0 radical (unpaired) electrons. The summed E-state index contributed by atoms with van der Waals surface area (Å²) >= 11 is 0. The number of alkyl halides is 2. The zero-order valence-corrected chi connectivity index (χ0v) is 7.93. The van der Waals surface area contributed by atoms with Crippen LogP contribution in [0, 0.1) is 6.92 Å². The maximum absolute atomic E-state index is 12.5. The van der Waals surface area contributed by atoms with Crippen molar-refractivity contribution in [1.82, 2.24) is 19.5 Å². The Morgan fingerprint density at radius 2 is 2.13 bits per heavy atom. The van der Waals surface area contributed by atoms with Gasteiger partial charge in [-0.1, -0.05) is 0 Å². The second kappa shape index (κ2) is 3.72. The second-order valence-corrected chi connectivity index (χ2v) is 2.97. The van der Waals surface area contributed by atoms with Crippen LogP contribution in [0.15, 0.2) is 24.8 Å². The van der Waals surface area contributed by atoms with Crippen molar-refractivity contribution in [3.63, 3.8) is 0 Å². The Labute approximate surface area is 84.6 Å². The summed E-state index contributed by atoms with van der Waals surface area (Å²) in [6, 6.07) is 1.25. The van der Waals surface area contributed by atoms with Gasteiger partial charge >= 0.3 is 0 Å². The van der Waals surface area contributed by atoms with Gasteiger partial charge in [0, 0.05) is 18.5 Å². The molecule has 0 bridgehead atoms. The summed E-state index contributed by atoms with van der Waals surface area (Å²) in [5, 5.41) is 0. The minimum Gasteiger partial charge on any atom is -0.290 e. The van der Waals surface area contributed by atoms with Gasteiger partial charge < -0.3 is 0 Å². The van der Waals surface area contributed by atoms with Gasteiger partial charge in [0.1, 0.15) is 23.7 Å². The smallest absolute Gasteiger partial charge is 0.280 e. The van der Waals surface area contributed by atoms with Crippen molar-refractivity contribution in [2.24, 2.45) is 0 Å². The molecule has 0 saturated heterocycles. The first-order chi connectivity index (χ1) is 7.16. The fourth-order valence-corrected chi connectivity index (χ4v) is 1.21. The normalized spacial score (nSPS) is 10.9. The molecule has 0 unspecified atom stereocenters. The lowest BCUT2D eigenvalue weighted by Crippen LogP contribution is -2.02.